The molecule has 1 aromatic carbocycles. The number of ketones is 1. The maximum Gasteiger partial charge on any atom is 0.271 e. The first kappa shape index (κ1) is 20.8. The number of nitrogens with one attached hydrogen (secondary N) is 1. The van der Waals surface area contributed by atoms with Crippen molar-refractivity contribution in [2.75, 3.05) is 31.1 Å². The third-order valence-corrected chi connectivity index (χ3v) is 5.92. The molecule has 1 saturated heterocycles. The predicted molar refractivity (Wildman–Crippen MR) is 115 cm³/mol. The first-order chi connectivity index (χ1) is 14.6. The van der Waals surface area contributed by atoms with Crippen molar-refractivity contribution in [3.63, 3.8) is 0 Å². The number of aromatic nitrogens is 1. The molecule has 1 aliphatic heterocycles. The zero-order valence-corrected chi connectivity index (χ0v) is 17.5. The number of hydrogen-bond donors (Lipinski definition) is 1. The lowest BCUT2D eigenvalue weighted by Gasteiger charge is -2.36. The standard InChI is InChI=1S/C22H24N4O5/c1-22(2)12-18-16(19(27)13-22)11-17(20(28)23-18)21(29)25-8-6-24(7-9-25)14-4-3-5-15(10-14)26(30)31/h3-5,10-11H,6-9,12-13H2,1-2H3,(H,23,28). The van der Waals surface area contributed by atoms with Crippen LogP contribution in [0.25, 0.3) is 0 Å². The summed E-state index contributed by atoms with van der Waals surface area (Å²) in [5, 5.41) is 11.0. The van der Waals surface area contributed by atoms with E-state index < -0.39 is 16.4 Å². The van der Waals surface area contributed by atoms with Gasteiger partial charge in [0.25, 0.3) is 17.2 Å². The fraction of sp³-hybridized carbons (Fsp3) is 0.409. The van der Waals surface area contributed by atoms with Crippen molar-refractivity contribution < 1.29 is 14.5 Å². The minimum Gasteiger partial charge on any atom is -0.368 e. The van der Waals surface area contributed by atoms with Gasteiger partial charge in [0.2, 0.25) is 0 Å². The van der Waals surface area contributed by atoms with Crippen molar-refractivity contribution in [1.29, 1.82) is 0 Å². The number of hydrogen-bond acceptors (Lipinski definition) is 6. The van der Waals surface area contributed by atoms with E-state index in [0.29, 0.717) is 50.3 Å². The van der Waals surface area contributed by atoms with Gasteiger partial charge in [0.05, 0.1) is 4.92 Å². The van der Waals surface area contributed by atoms with Crippen LogP contribution in [0.15, 0.2) is 35.1 Å². The molecule has 2 heterocycles. The van der Waals surface area contributed by atoms with Gasteiger partial charge in [-0.1, -0.05) is 19.9 Å². The van der Waals surface area contributed by atoms with Crippen LogP contribution in [0.4, 0.5) is 11.4 Å². The van der Waals surface area contributed by atoms with Gasteiger partial charge in [0.1, 0.15) is 5.56 Å². The molecule has 1 amide bonds. The lowest BCUT2D eigenvalue weighted by molar-refractivity contribution is -0.384. The van der Waals surface area contributed by atoms with Crippen molar-refractivity contribution in [3.05, 3.63) is 67.6 Å². The summed E-state index contributed by atoms with van der Waals surface area (Å²) in [6.07, 6.45) is 0.960. The zero-order chi connectivity index (χ0) is 22.3. The van der Waals surface area contributed by atoms with Crippen molar-refractivity contribution in [2.24, 2.45) is 5.41 Å². The summed E-state index contributed by atoms with van der Waals surface area (Å²) in [6, 6.07) is 7.83. The summed E-state index contributed by atoms with van der Waals surface area (Å²) in [5.74, 6) is -0.465. The van der Waals surface area contributed by atoms with Crippen molar-refractivity contribution in [2.45, 2.75) is 26.7 Å². The molecule has 1 fully saturated rings. The molecule has 1 aromatic heterocycles. The Hall–Kier alpha value is -3.49. The molecule has 4 rings (SSSR count). The second-order valence-electron chi connectivity index (χ2n) is 8.90. The van der Waals surface area contributed by atoms with Crippen LogP contribution in [0.2, 0.25) is 0 Å². The van der Waals surface area contributed by atoms with Crippen LogP contribution in [-0.4, -0.2) is 52.7 Å². The van der Waals surface area contributed by atoms with Crippen LogP contribution in [0.1, 0.15) is 46.7 Å². The predicted octanol–water partition coefficient (Wildman–Crippen LogP) is 2.40. The molecule has 1 N–H and O–H groups in total. The van der Waals surface area contributed by atoms with Crippen LogP contribution >= 0.6 is 0 Å². The highest BCUT2D eigenvalue weighted by atomic mass is 16.6. The van der Waals surface area contributed by atoms with E-state index in [1.807, 2.05) is 18.7 Å². The molecule has 0 spiro atoms. The smallest absolute Gasteiger partial charge is 0.271 e. The van der Waals surface area contributed by atoms with E-state index in [9.17, 15) is 24.5 Å². The molecule has 2 aliphatic rings. The molecule has 0 saturated carbocycles. The van der Waals surface area contributed by atoms with Crippen LogP contribution in [0, 0.1) is 15.5 Å². The number of aromatic amines is 1. The summed E-state index contributed by atoms with van der Waals surface area (Å²) in [4.78, 5) is 55.0. The number of amides is 1. The first-order valence-electron chi connectivity index (χ1n) is 10.2. The number of carbonyl (C=O) groups excluding carboxylic acids is 2. The van der Waals surface area contributed by atoms with Crippen LogP contribution in [0.5, 0.6) is 0 Å². The summed E-state index contributed by atoms with van der Waals surface area (Å²) in [6.45, 7) is 5.68. The Bertz CT molecular complexity index is 1130. The Kier molecular flexibility index (Phi) is 5.12. The molecule has 9 heteroatoms. The average Bonchev–Trinajstić information content (AvgIpc) is 2.72. The topological polar surface area (TPSA) is 117 Å². The van der Waals surface area contributed by atoms with E-state index in [-0.39, 0.29) is 22.4 Å². The fourth-order valence-corrected chi connectivity index (χ4v) is 4.33. The summed E-state index contributed by atoms with van der Waals surface area (Å²) >= 11 is 0. The quantitative estimate of drug-likeness (QED) is 0.597. The maximum absolute atomic E-state index is 13.0. The minimum atomic E-state index is -0.477. The lowest BCUT2D eigenvalue weighted by atomic mass is 9.75. The number of pyridine rings is 1. The van der Waals surface area contributed by atoms with Gasteiger partial charge in [-0.15, -0.1) is 0 Å². The van der Waals surface area contributed by atoms with Gasteiger partial charge < -0.3 is 14.8 Å². The molecule has 31 heavy (non-hydrogen) atoms. The second kappa shape index (κ2) is 7.64. The molecule has 0 bridgehead atoms. The number of non-ortho nitro benzene ring substituents is 1. The molecule has 0 radical (unpaired) electrons. The average molecular weight is 424 g/mol. The Morgan fingerprint density at radius 3 is 2.48 bits per heavy atom. The molecular weight excluding hydrogens is 400 g/mol. The van der Waals surface area contributed by atoms with Crippen molar-refractivity contribution >= 4 is 23.1 Å². The van der Waals surface area contributed by atoms with Crippen LogP contribution in [-0.2, 0) is 6.42 Å². The molecule has 162 valence electrons. The molecular formula is C22H24N4O5. The van der Waals surface area contributed by atoms with Crippen LogP contribution in [0.3, 0.4) is 0 Å². The first-order valence-corrected chi connectivity index (χ1v) is 10.2. The van der Waals surface area contributed by atoms with E-state index in [0.717, 1.165) is 5.69 Å². The molecule has 1 aliphatic carbocycles. The number of nitro groups is 1. The van der Waals surface area contributed by atoms with E-state index in [4.69, 9.17) is 0 Å². The number of nitrogens with zero attached hydrogens (tertiary/aromatic N) is 3. The molecule has 0 unspecified atom stereocenters. The van der Waals surface area contributed by atoms with Crippen molar-refractivity contribution in [3.8, 4) is 0 Å². The number of anilines is 1. The largest absolute Gasteiger partial charge is 0.368 e. The number of piperazine rings is 1. The third-order valence-electron chi connectivity index (χ3n) is 5.92. The van der Waals surface area contributed by atoms with Gasteiger partial charge in [0, 0.05) is 61.7 Å². The molecule has 0 atom stereocenters. The van der Waals surface area contributed by atoms with Crippen LogP contribution < -0.4 is 10.5 Å². The van der Waals surface area contributed by atoms with Crippen molar-refractivity contribution in [1.82, 2.24) is 9.88 Å². The third kappa shape index (κ3) is 4.08. The number of rotatable bonds is 3. The Labute approximate surface area is 178 Å². The van der Waals surface area contributed by atoms with Gasteiger partial charge in [-0.25, -0.2) is 0 Å². The summed E-state index contributed by atoms with van der Waals surface area (Å²) in [7, 11) is 0. The monoisotopic (exact) mass is 424 g/mol. The SMILES string of the molecule is CC1(C)CC(=O)c2cc(C(=O)N3CCN(c4cccc([N+](=O)[O-])c4)CC3)c(=O)[nH]c2C1. The van der Waals surface area contributed by atoms with Gasteiger partial charge in [-0.3, -0.25) is 24.5 Å². The normalized spacial score (nSPS) is 17.9. The van der Waals surface area contributed by atoms with Gasteiger partial charge >= 0.3 is 0 Å². The molecule has 2 aromatic rings. The number of fused-ring (bicyclic) bond motifs is 1. The molecule has 9 nitrogen and oxygen atoms in total. The number of Topliss-reactive ketones (excluding diaryl/α,β-unsaturated/α-hetero) is 1. The lowest BCUT2D eigenvalue weighted by Crippen LogP contribution is -2.49. The maximum atomic E-state index is 13.0. The van der Waals surface area contributed by atoms with Gasteiger partial charge in [0.15, 0.2) is 5.78 Å². The fourth-order valence-electron chi connectivity index (χ4n) is 4.33. The van der Waals surface area contributed by atoms with E-state index in [2.05, 4.69) is 4.98 Å². The van der Waals surface area contributed by atoms with E-state index in [1.165, 1.54) is 18.2 Å². The van der Waals surface area contributed by atoms with E-state index >= 15 is 0 Å². The Morgan fingerprint density at radius 2 is 1.81 bits per heavy atom. The number of benzene rings is 1. The Morgan fingerprint density at radius 1 is 1.10 bits per heavy atom. The van der Waals surface area contributed by atoms with Gasteiger partial charge in [-0.05, 0) is 24.0 Å². The second-order valence-corrected chi connectivity index (χ2v) is 8.90. The minimum absolute atomic E-state index is 0.0180. The summed E-state index contributed by atoms with van der Waals surface area (Å²) < 4.78 is 0. The number of carbonyl (C=O) groups is 2. The number of nitro benzene ring substituents is 1. The highest BCUT2D eigenvalue weighted by molar-refractivity contribution is 6.02. The Balaban J connectivity index is 1.50. The van der Waals surface area contributed by atoms with Gasteiger partial charge in [-0.2, -0.15) is 0 Å². The van der Waals surface area contributed by atoms with E-state index in [1.54, 1.807) is 17.0 Å². The highest BCUT2D eigenvalue weighted by Gasteiger charge is 2.33. The zero-order valence-electron chi connectivity index (χ0n) is 17.5. The highest BCUT2D eigenvalue weighted by Crippen LogP contribution is 2.33. The number of H-pyrrole nitrogens is 1. The summed E-state index contributed by atoms with van der Waals surface area (Å²) in [5.41, 5.74) is 1.05.